The average Bonchev–Trinajstić information content (AvgIpc) is 2.58. The predicted molar refractivity (Wildman–Crippen MR) is 99.3 cm³/mol. The number of halogens is 1. The largest absolute Gasteiger partial charge is 0.450 e. The number of nitrogens with one attached hydrogen (secondary N) is 2. The summed E-state index contributed by atoms with van der Waals surface area (Å²) in [5.74, 6) is -1.47. The van der Waals surface area contributed by atoms with Crippen LogP contribution >= 0.6 is 11.6 Å². The molecule has 1 fully saturated rings. The molecule has 8 heteroatoms. The number of hydrogen-bond donors (Lipinski definition) is 2. The second-order valence-corrected chi connectivity index (χ2v) is 6.73. The highest BCUT2D eigenvalue weighted by Gasteiger charge is 2.26. The highest BCUT2D eigenvalue weighted by atomic mass is 35.5. The van der Waals surface area contributed by atoms with E-state index in [9.17, 15) is 14.4 Å². The standard InChI is InChI=1S/C18H24ClN3O4/c1-4-26-18(25)22-7-5-13(6-8-22)20-16(23)17(24)21-15-12(3)9-11(2)10-14(15)19/h9-10,13H,4-8H2,1-3H3,(H,20,23)(H,21,24). The molecule has 3 amide bonds. The zero-order chi connectivity index (χ0) is 19.3. The van der Waals surface area contributed by atoms with Gasteiger partial charge in [0.05, 0.1) is 17.3 Å². The van der Waals surface area contributed by atoms with Crippen LogP contribution in [-0.4, -0.2) is 48.5 Å². The van der Waals surface area contributed by atoms with Crippen LogP contribution in [0.1, 0.15) is 30.9 Å². The van der Waals surface area contributed by atoms with E-state index in [1.165, 1.54) is 0 Å². The molecule has 1 aliphatic rings. The first-order valence-electron chi connectivity index (χ1n) is 8.62. The van der Waals surface area contributed by atoms with Crippen molar-refractivity contribution in [1.82, 2.24) is 10.2 Å². The topological polar surface area (TPSA) is 87.7 Å². The Morgan fingerprint density at radius 3 is 2.42 bits per heavy atom. The maximum atomic E-state index is 12.2. The fraction of sp³-hybridized carbons (Fsp3) is 0.500. The van der Waals surface area contributed by atoms with Crippen LogP contribution in [0.3, 0.4) is 0 Å². The number of ether oxygens (including phenoxy) is 1. The van der Waals surface area contributed by atoms with Crippen molar-refractivity contribution in [3.63, 3.8) is 0 Å². The molecule has 1 aromatic rings. The van der Waals surface area contributed by atoms with Gasteiger partial charge in [-0.25, -0.2) is 4.79 Å². The summed E-state index contributed by atoms with van der Waals surface area (Å²) in [6, 6.07) is 3.45. The van der Waals surface area contributed by atoms with E-state index in [0.717, 1.165) is 11.1 Å². The number of carbonyl (C=O) groups excluding carboxylic acids is 3. The number of hydrogen-bond acceptors (Lipinski definition) is 4. The zero-order valence-corrected chi connectivity index (χ0v) is 16.0. The Hall–Kier alpha value is -2.28. The van der Waals surface area contributed by atoms with Gasteiger partial charge >= 0.3 is 17.9 Å². The Morgan fingerprint density at radius 2 is 1.85 bits per heavy atom. The Bertz CT molecular complexity index is 677. The molecule has 1 aliphatic heterocycles. The van der Waals surface area contributed by atoms with E-state index >= 15 is 0 Å². The van der Waals surface area contributed by atoms with Gasteiger partial charge in [0.2, 0.25) is 0 Å². The highest BCUT2D eigenvalue weighted by Crippen LogP contribution is 2.27. The van der Waals surface area contributed by atoms with Crippen molar-refractivity contribution in [2.24, 2.45) is 0 Å². The molecular formula is C18H24ClN3O4. The molecule has 2 rings (SSSR count). The molecule has 1 aromatic carbocycles. The van der Waals surface area contributed by atoms with Gasteiger partial charge in [-0.2, -0.15) is 0 Å². The summed E-state index contributed by atoms with van der Waals surface area (Å²) < 4.78 is 4.96. The van der Waals surface area contributed by atoms with Crippen molar-refractivity contribution >= 4 is 35.2 Å². The van der Waals surface area contributed by atoms with E-state index in [0.29, 0.717) is 43.2 Å². The van der Waals surface area contributed by atoms with Crippen molar-refractivity contribution in [3.05, 3.63) is 28.3 Å². The number of carbonyl (C=O) groups is 3. The first kappa shape index (κ1) is 20.0. The van der Waals surface area contributed by atoms with E-state index in [4.69, 9.17) is 16.3 Å². The third-order valence-corrected chi connectivity index (χ3v) is 4.53. The Morgan fingerprint density at radius 1 is 1.19 bits per heavy atom. The lowest BCUT2D eigenvalue weighted by Gasteiger charge is -2.31. The lowest BCUT2D eigenvalue weighted by molar-refractivity contribution is -0.136. The first-order chi connectivity index (χ1) is 12.3. The van der Waals surface area contributed by atoms with Gasteiger partial charge in [0.1, 0.15) is 0 Å². The van der Waals surface area contributed by atoms with Crippen LogP contribution < -0.4 is 10.6 Å². The minimum Gasteiger partial charge on any atom is -0.450 e. The molecule has 0 spiro atoms. The van der Waals surface area contributed by atoms with Crippen LogP contribution in [0.5, 0.6) is 0 Å². The number of rotatable bonds is 3. The van der Waals surface area contributed by atoms with Crippen LogP contribution in [0.2, 0.25) is 5.02 Å². The fourth-order valence-corrected chi connectivity index (χ4v) is 3.28. The molecule has 0 bridgehead atoms. The van der Waals surface area contributed by atoms with Crippen LogP contribution in [0, 0.1) is 13.8 Å². The predicted octanol–water partition coefficient (Wildman–Crippen LogP) is 2.63. The van der Waals surface area contributed by atoms with E-state index in [1.54, 1.807) is 17.9 Å². The second-order valence-electron chi connectivity index (χ2n) is 6.33. The lowest BCUT2D eigenvalue weighted by Crippen LogP contribution is -2.49. The summed E-state index contributed by atoms with van der Waals surface area (Å²) in [5, 5.41) is 5.67. The van der Waals surface area contributed by atoms with Crippen molar-refractivity contribution < 1.29 is 19.1 Å². The lowest BCUT2D eigenvalue weighted by atomic mass is 10.1. The number of aryl methyl sites for hydroxylation is 2. The summed E-state index contributed by atoms with van der Waals surface area (Å²) in [5.41, 5.74) is 2.21. The molecule has 142 valence electrons. The Balaban J connectivity index is 1.87. The van der Waals surface area contributed by atoms with E-state index < -0.39 is 11.8 Å². The molecule has 0 aromatic heterocycles. The normalized spacial score (nSPS) is 14.7. The van der Waals surface area contributed by atoms with E-state index in [-0.39, 0.29) is 12.1 Å². The number of likely N-dealkylation sites (tertiary alicyclic amines) is 1. The molecule has 0 saturated carbocycles. The minimum atomic E-state index is -0.758. The van der Waals surface area contributed by atoms with Crippen molar-refractivity contribution in [2.75, 3.05) is 25.0 Å². The number of nitrogens with zero attached hydrogens (tertiary/aromatic N) is 1. The average molecular weight is 382 g/mol. The number of anilines is 1. The van der Waals surface area contributed by atoms with E-state index in [1.807, 2.05) is 19.9 Å². The van der Waals surface area contributed by atoms with Gasteiger partial charge in [-0.15, -0.1) is 0 Å². The molecular weight excluding hydrogens is 358 g/mol. The first-order valence-corrected chi connectivity index (χ1v) is 9.00. The number of benzene rings is 1. The summed E-state index contributed by atoms with van der Waals surface area (Å²) in [6.07, 6.45) is 0.795. The monoisotopic (exact) mass is 381 g/mol. The molecule has 0 unspecified atom stereocenters. The van der Waals surface area contributed by atoms with Gasteiger partial charge < -0.3 is 20.3 Å². The summed E-state index contributed by atoms with van der Waals surface area (Å²) in [4.78, 5) is 37.6. The van der Waals surface area contributed by atoms with Crippen LogP contribution in [-0.2, 0) is 14.3 Å². The summed E-state index contributed by atoms with van der Waals surface area (Å²) in [7, 11) is 0. The Labute approximate surface area is 158 Å². The molecule has 1 saturated heterocycles. The van der Waals surface area contributed by atoms with Crippen molar-refractivity contribution in [3.8, 4) is 0 Å². The van der Waals surface area contributed by atoms with Gasteiger partial charge in [-0.05, 0) is 50.8 Å². The maximum absolute atomic E-state index is 12.2. The van der Waals surface area contributed by atoms with Gasteiger partial charge in [0.25, 0.3) is 0 Å². The third kappa shape index (κ3) is 5.11. The van der Waals surface area contributed by atoms with Crippen molar-refractivity contribution in [1.29, 1.82) is 0 Å². The molecule has 1 heterocycles. The smallest absolute Gasteiger partial charge is 0.409 e. The number of piperidine rings is 1. The molecule has 0 atom stereocenters. The van der Waals surface area contributed by atoms with Crippen molar-refractivity contribution in [2.45, 2.75) is 39.7 Å². The molecule has 0 aliphatic carbocycles. The van der Waals surface area contributed by atoms with Crippen LogP contribution in [0.25, 0.3) is 0 Å². The highest BCUT2D eigenvalue weighted by molar-refractivity contribution is 6.41. The Kier molecular flexibility index (Phi) is 6.85. The summed E-state index contributed by atoms with van der Waals surface area (Å²) >= 11 is 6.15. The SMILES string of the molecule is CCOC(=O)N1CCC(NC(=O)C(=O)Nc2c(C)cc(C)cc2Cl)CC1. The molecule has 7 nitrogen and oxygen atoms in total. The molecule has 26 heavy (non-hydrogen) atoms. The van der Waals surface area contributed by atoms with Gasteiger partial charge in [-0.1, -0.05) is 17.7 Å². The zero-order valence-electron chi connectivity index (χ0n) is 15.2. The second kappa shape index (κ2) is 8.89. The van der Waals surface area contributed by atoms with Gasteiger partial charge in [-0.3, -0.25) is 9.59 Å². The van der Waals surface area contributed by atoms with Crippen LogP contribution in [0.15, 0.2) is 12.1 Å². The minimum absolute atomic E-state index is 0.159. The number of amides is 3. The molecule has 0 radical (unpaired) electrons. The maximum Gasteiger partial charge on any atom is 0.409 e. The quantitative estimate of drug-likeness (QED) is 0.788. The third-order valence-electron chi connectivity index (χ3n) is 4.23. The summed E-state index contributed by atoms with van der Waals surface area (Å²) in [6.45, 7) is 6.77. The van der Waals surface area contributed by atoms with E-state index in [2.05, 4.69) is 10.6 Å². The van der Waals surface area contributed by atoms with Crippen LogP contribution in [0.4, 0.5) is 10.5 Å². The molecule has 2 N–H and O–H groups in total. The fourth-order valence-electron chi connectivity index (χ4n) is 2.92. The van der Waals surface area contributed by atoms with Gasteiger partial charge in [0.15, 0.2) is 0 Å². The van der Waals surface area contributed by atoms with Gasteiger partial charge in [0, 0.05) is 19.1 Å².